The summed E-state index contributed by atoms with van der Waals surface area (Å²) in [6.45, 7) is 0. The molecule has 21 heavy (non-hydrogen) atoms. The molecule has 0 fully saturated rings. The fourth-order valence-electron chi connectivity index (χ4n) is 1.46. The van der Waals surface area contributed by atoms with Crippen LogP contribution in [0.5, 0.6) is 17.2 Å². The molecular weight excluding hydrogens is 337 g/mol. The van der Waals surface area contributed by atoms with Crippen LogP contribution in [0.4, 0.5) is 5.69 Å². The molecule has 0 aliphatic rings. The Morgan fingerprint density at radius 2 is 1.62 bits per heavy atom. The lowest BCUT2D eigenvalue weighted by molar-refractivity contribution is 0.414. The monoisotopic (exact) mass is 347 g/mol. The molecule has 2 N–H and O–H groups in total. The first-order valence-corrected chi connectivity index (χ1v) is 7.51. The van der Waals surface area contributed by atoms with Crippen LogP contribution in [0.2, 0.25) is 10.0 Å². The highest BCUT2D eigenvalue weighted by molar-refractivity contribution is 7.81. The van der Waals surface area contributed by atoms with Gasteiger partial charge in [-0.1, -0.05) is 23.2 Å². The number of halogens is 2. The molecule has 0 saturated heterocycles. The molecule has 0 spiro atoms. The Morgan fingerprint density at radius 3 is 2.14 bits per heavy atom. The average Bonchev–Trinajstić information content (AvgIpc) is 2.45. The van der Waals surface area contributed by atoms with Crippen LogP contribution in [0.1, 0.15) is 0 Å². The van der Waals surface area contributed by atoms with Crippen molar-refractivity contribution >= 4 is 40.2 Å². The Bertz CT molecular complexity index is 641. The van der Waals surface area contributed by atoms with Crippen LogP contribution in [0.25, 0.3) is 0 Å². The Morgan fingerprint density at radius 1 is 1.10 bits per heavy atom. The van der Waals surface area contributed by atoms with E-state index in [0.717, 1.165) is 0 Å². The maximum absolute atomic E-state index is 11.8. The van der Waals surface area contributed by atoms with Crippen LogP contribution in [-0.2, 0) is 11.3 Å². The summed E-state index contributed by atoms with van der Waals surface area (Å²) in [5.41, 5.74) is 0.356. The highest BCUT2D eigenvalue weighted by atomic mass is 35.5. The molecule has 8 heteroatoms. The third-order valence-electron chi connectivity index (χ3n) is 2.45. The summed E-state index contributed by atoms with van der Waals surface area (Å²) >= 11 is 9.69. The number of benzene rings is 2. The number of nitrogens with one attached hydrogen (secondary N) is 1. The van der Waals surface area contributed by atoms with E-state index in [1.54, 1.807) is 31.4 Å². The van der Waals surface area contributed by atoms with E-state index >= 15 is 0 Å². The normalized spacial score (nSPS) is 11.8. The molecule has 0 aromatic heterocycles. The Labute approximate surface area is 134 Å². The van der Waals surface area contributed by atoms with Crippen molar-refractivity contribution in [3.63, 3.8) is 0 Å². The number of ether oxygens (including phenoxy) is 1. The van der Waals surface area contributed by atoms with Gasteiger partial charge >= 0.3 is 11.3 Å². The minimum atomic E-state index is -1.84. The predicted octanol–water partition coefficient (Wildman–Crippen LogP) is 3.78. The SMILES string of the molecule is COc1ccc(OS(=O)Nc2cc(Cl)c(O)c(Cl)c2)cc1. The van der Waals surface area contributed by atoms with E-state index in [0.29, 0.717) is 17.2 Å². The Kier molecular flexibility index (Phi) is 5.17. The van der Waals surface area contributed by atoms with E-state index in [9.17, 15) is 9.32 Å². The van der Waals surface area contributed by atoms with Gasteiger partial charge in [-0.05, 0) is 36.4 Å². The van der Waals surface area contributed by atoms with Gasteiger partial charge in [0.15, 0.2) is 5.75 Å². The van der Waals surface area contributed by atoms with Gasteiger partial charge in [-0.2, -0.15) is 4.21 Å². The zero-order valence-corrected chi connectivity index (χ0v) is 13.1. The van der Waals surface area contributed by atoms with Gasteiger partial charge in [-0.15, -0.1) is 0 Å². The number of rotatable bonds is 5. The lowest BCUT2D eigenvalue weighted by Gasteiger charge is -2.09. The molecule has 0 aliphatic carbocycles. The smallest absolute Gasteiger partial charge is 0.316 e. The van der Waals surface area contributed by atoms with Crippen molar-refractivity contribution in [3.05, 3.63) is 46.4 Å². The average molecular weight is 348 g/mol. The van der Waals surface area contributed by atoms with Crippen molar-refractivity contribution in [3.8, 4) is 17.2 Å². The molecule has 0 amide bonds. The Hall–Kier alpha value is -1.63. The maximum atomic E-state index is 11.8. The molecule has 0 radical (unpaired) electrons. The third kappa shape index (κ3) is 4.17. The number of hydrogen-bond donors (Lipinski definition) is 2. The molecule has 2 rings (SSSR count). The standard InChI is InChI=1S/C13H11Cl2NO4S/c1-19-9-2-4-10(5-3-9)20-21(18)16-8-6-11(14)13(17)12(15)7-8/h2-7,16-17H,1H3. The van der Waals surface area contributed by atoms with Crippen molar-refractivity contribution in [2.75, 3.05) is 11.8 Å². The van der Waals surface area contributed by atoms with E-state index in [2.05, 4.69) is 4.72 Å². The van der Waals surface area contributed by atoms with Gasteiger partial charge < -0.3 is 14.0 Å². The molecule has 2 aromatic carbocycles. The van der Waals surface area contributed by atoms with Crippen molar-refractivity contribution in [2.24, 2.45) is 0 Å². The minimum Gasteiger partial charge on any atom is -0.505 e. The number of phenols is 1. The van der Waals surface area contributed by atoms with Gasteiger partial charge in [0.2, 0.25) is 0 Å². The minimum absolute atomic E-state index is 0.0476. The van der Waals surface area contributed by atoms with Gasteiger partial charge in [0.25, 0.3) is 0 Å². The van der Waals surface area contributed by atoms with Crippen LogP contribution >= 0.6 is 23.2 Å². The second-order valence-corrected chi connectivity index (χ2v) is 5.54. The van der Waals surface area contributed by atoms with Crippen molar-refractivity contribution in [1.82, 2.24) is 0 Å². The summed E-state index contributed by atoms with van der Waals surface area (Å²) in [5.74, 6) is 0.835. The van der Waals surface area contributed by atoms with Gasteiger partial charge in [-0.3, -0.25) is 4.72 Å². The molecule has 0 bridgehead atoms. The number of aromatic hydroxyl groups is 1. The highest BCUT2D eigenvalue weighted by Crippen LogP contribution is 2.34. The van der Waals surface area contributed by atoms with Crippen LogP contribution in [0.3, 0.4) is 0 Å². The summed E-state index contributed by atoms with van der Waals surface area (Å²) in [6.07, 6.45) is 0. The summed E-state index contributed by atoms with van der Waals surface area (Å²) in [4.78, 5) is 0. The topological polar surface area (TPSA) is 67.8 Å². The van der Waals surface area contributed by atoms with Crippen LogP contribution in [-0.4, -0.2) is 16.4 Å². The summed E-state index contributed by atoms with van der Waals surface area (Å²) in [7, 11) is 1.55. The number of phenolic OH excluding ortho intramolecular Hbond substituents is 1. The second-order valence-electron chi connectivity index (χ2n) is 3.88. The lowest BCUT2D eigenvalue weighted by atomic mass is 10.3. The molecule has 0 aliphatic heterocycles. The summed E-state index contributed by atoms with van der Waals surface area (Å²) in [5, 5.41) is 9.53. The third-order valence-corrected chi connectivity index (χ3v) is 3.77. The van der Waals surface area contributed by atoms with Gasteiger partial charge in [0.1, 0.15) is 11.5 Å². The summed E-state index contributed by atoms with van der Waals surface area (Å²) < 4.78 is 24.6. The molecule has 1 unspecified atom stereocenters. The first-order valence-electron chi connectivity index (χ1n) is 5.68. The lowest BCUT2D eigenvalue weighted by Crippen LogP contribution is -2.11. The van der Waals surface area contributed by atoms with E-state index < -0.39 is 11.3 Å². The van der Waals surface area contributed by atoms with Crippen molar-refractivity contribution in [2.45, 2.75) is 0 Å². The fourth-order valence-corrected chi connectivity index (χ4v) is 2.59. The molecule has 1 atom stereocenters. The van der Waals surface area contributed by atoms with Gasteiger partial charge in [0, 0.05) is 0 Å². The fraction of sp³-hybridized carbons (Fsp3) is 0.0769. The maximum Gasteiger partial charge on any atom is 0.316 e. The zero-order chi connectivity index (χ0) is 15.4. The Balaban J connectivity index is 2.04. The van der Waals surface area contributed by atoms with E-state index in [1.165, 1.54) is 12.1 Å². The van der Waals surface area contributed by atoms with E-state index in [4.69, 9.17) is 32.1 Å². The quantitative estimate of drug-likeness (QED) is 0.807. The number of hydrogen-bond acceptors (Lipinski definition) is 4. The number of anilines is 1. The van der Waals surface area contributed by atoms with E-state index in [1.807, 2.05) is 0 Å². The molecule has 112 valence electrons. The summed E-state index contributed by atoms with van der Waals surface area (Å²) in [6, 6.07) is 9.38. The molecule has 0 saturated carbocycles. The highest BCUT2D eigenvalue weighted by Gasteiger charge is 2.09. The van der Waals surface area contributed by atoms with Crippen LogP contribution in [0, 0.1) is 0 Å². The van der Waals surface area contributed by atoms with Crippen LogP contribution in [0.15, 0.2) is 36.4 Å². The predicted molar refractivity (Wildman–Crippen MR) is 83.5 cm³/mol. The largest absolute Gasteiger partial charge is 0.505 e. The van der Waals surface area contributed by atoms with Crippen LogP contribution < -0.4 is 13.6 Å². The first-order chi connectivity index (χ1) is 9.99. The molecule has 2 aromatic rings. The van der Waals surface area contributed by atoms with Gasteiger partial charge in [0.05, 0.1) is 22.8 Å². The molecular formula is C13H11Cl2NO4S. The van der Waals surface area contributed by atoms with Crippen molar-refractivity contribution < 1.29 is 18.2 Å². The van der Waals surface area contributed by atoms with Gasteiger partial charge in [-0.25, -0.2) is 0 Å². The molecule has 5 nitrogen and oxygen atoms in total. The molecule has 0 heterocycles. The van der Waals surface area contributed by atoms with E-state index in [-0.39, 0.29) is 15.8 Å². The van der Waals surface area contributed by atoms with Crippen molar-refractivity contribution in [1.29, 1.82) is 0 Å². The second kappa shape index (κ2) is 6.89. The zero-order valence-electron chi connectivity index (χ0n) is 10.8. The number of methoxy groups -OCH3 is 1. The first kappa shape index (κ1) is 15.8.